The van der Waals surface area contributed by atoms with Gasteiger partial charge in [-0.15, -0.1) is 0 Å². The topological polar surface area (TPSA) is 38.1 Å². The third kappa shape index (κ3) is 3.90. The van der Waals surface area contributed by atoms with Gasteiger partial charge in [0.2, 0.25) is 0 Å². The normalized spacial score (nSPS) is 21.3. The van der Waals surface area contributed by atoms with Crippen LogP contribution in [0.15, 0.2) is 12.5 Å². The van der Waals surface area contributed by atoms with Crippen molar-refractivity contribution in [2.24, 2.45) is 0 Å². The number of ketones is 1. The molecule has 1 aliphatic heterocycles. The van der Waals surface area contributed by atoms with Crippen molar-refractivity contribution in [1.29, 1.82) is 0 Å². The van der Waals surface area contributed by atoms with E-state index in [-0.39, 0.29) is 0 Å². The van der Waals surface area contributed by atoms with Gasteiger partial charge in [0.1, 0.15) is 5.78 Å². The maximum atomic E-state index is 11.5. The number of nitrogens with zero attached hydrogens (tertiary/aromatic N) is 3. The minimum absolute atomic E-state index is 0.306. The highest BCUT2D eigenvalue weighted by atomic mass is 16.1. The fraction of sp³-hybridized carbons (Fsp3) is 0.733. The third-order valence-corrected chi connectivity index (χ3v) is 4.03. The van der Waals surface area contributed by atoms with Gasteiger partial charge in [-0.3, -0.25) is 9.69 Å². The van der Waals surface area contributed by atoms with E-state index < -0.39 is 0 Å². The first-order valence-corrected chi connectivity index (χ1v) is 7.43. The minimum Gasteiger partial charge on any atom is -0.334 e. The number of hydrogen-bond acceptors (Lipinski definition) is 3. The van der Waals surface area contributed by atoms with E-state index in [0.717, 1.165) is 26.1 Å². The van der Waals surface area contributed by atoms with Gasteiger partial charge < -0.3 is 4.57 Å². The van der Waals surface area contributed by atoms with Crippen LogP contribution in [0.2, 0.25) is 0 Å². The molecule has 1 aromatic heterocycles. The Morgan fingerprint density at radius 1 is 1.42 bits per heavy atom. The summed E-state index contributed by atoms with van der Waals surface area (Å²) in [5, 5.41) is 0. The van der Waals surface area contributed by atoms with E-state index in [1.165, 1.54) is 25.0 Å². The molecule has 0 bridgehead atoms. The van der Waals surface area contributed by atoms with Crippen LogP contribution < -0.4 is 0 Å². The van der Waals surface area contributed by atoms with E-state index in [0.29, 0.717) is 18.2 Å². The number of carbonyl (C=O) groups is 1. The number of rotatable bonds is 5. The highest BCUT2D eigenvalue weighted by Crippen LogP contribution is 2.21. The van der Waals surface area contributed by atoms with Crippen LogP contribution in [0.4, 0.5) is 0 Å². The zero-order valence-electron chi connectivity index (χ0n) is 12.1. The predicted octanol–water partition coefficient (Wildman–Crippen LogP) is 2.63. The van der Waals surface area contributed by atoms with Crippen molar-refractivity contribution >= 4 is 5.78 Å². The molecule has 4 heteroatoms. The number of imidazole rings is 1. The number of Topliss-reactive ketones (excluding diaryl/α,β-unsaturated/α-hetero) is 1. The average Bonchev–Trinajstić information content (AvgIpc) is 2.71. The maximum absolute atomic E-state index is 11.5. The molecule has 1 unspecified atom stereocenters. The fourth-order valence-corrected chi connectivity index (χ4v) is 2.98. The van der Waals surface area contributed by atoms with E-state index in [4.69, 9.17) is 0 Å². The van der Waals surface area contributed by atoms with Gasteiger partial charge in [-0.1, -0.05) is 12.8 Å². The Kier molecular flexibility index (Phi) is 5.14. The van der Waals surface area contributed by atoms with Gasteiger partial charge in [0.15, 0.2) is 0 Å². The molecular weight excluding hydrogens is 238 g/mol. The van der Waals surface area contributed by atoms with Gasteiger partial charge in [0, 0.05) is 31.7 Å². The largest absolute Gasteiger partial charge is 0.334 e. The Morgan fingerprint density at radius 3 is 3.00 bits per heavy atom. The third-order valence-electron chi connectivity index (χ3n) is 4.03. The van der Waals surface area contributed by atoms with E-state index in [2.05, 4.69) is 21.4 Å². The molecule has 1 fully saturated rings. The lowest BCUT2D eigenvalue weighted by Crippen LogP contribution is -2.36. The van der Waals surface area contributed by atoms with Crippen molar-refractivity contribution in [3.05, 3.63) is 18.2 Å². The molecule has 2 rings (SSSR count). The van der Waals surface area contributed by atoms with Crippen LogP contribution in [-0.2, 0) is 17.9 Å². The highest BCUT2D eigenvalue weighted by molar-refractivity contribution is 5.76. The minimum atomic E-state index is 0.306. The summed E-state index contributed by atoms with van der Waals surface area (Å²) in [6.45, 7) is 6.83. The van der Waals surface area contributed by atoms with E-state index >= 15 is 0 Å². The summed E-state index contributed by atoms with van der Waals surface area (Å²) >= 11 is 0. The zero-order valence-corrected chi connectivity index (χ0v) is 12.1. The van der Waals surface area contributed by atoms with Crippen molar-refractivity contribution < 1.29 is 4.79 Å². The molecule has 0 amide bonds. The molecule has 19 heavy (non-hydrogen) atoms. The summed E-state index contributed by atoms with van der Waals surface area (Å²) in [6.07, 6.45) is 9.49. The molecule has 1 aromatic rings. The number of aryl methyl sites for hydroxylation is 1. The molecule has 1 atom stereocenters. The predicted molar refractivity (Wildman–Crippen MR) is 75.9 cm³/mol. The highest BCUT2D eigenvalue weighted by Gasteiger charge is 2.23. The Hall–Kier alpha value is -1.16. The van der Waals surface area contributed by atoms with Crippen molar-refractivity contribution in [3.63, 3.8) is 0 Å². The average molecular weight is 263 g/mol. The van der Waals surface area contributed by atoms with Gasteiger partial charge in [-0.25, -0.2) is 4.98 Å². The molecule has 0 aromatic carbocycles. The number of aromatic nitrogens is 2. The molecule has 1 aliphatic rings. The lowest BCUT2D eigenvalue weighted by atomic mass is 10.0. The summed E-state index contributed by atoms with van der Waals surface area (Å²) in [6, 6.07) is 0.417. The molecule has 0 saturated carbocycles. The van der Waals surface area contributed by atoms with Gasteiger partial charge in [0.05, 0.1) is 12.0 Å². The Morgan fingerprint density at radius 2 is 2.26 bits per heavy atom. The van der Waals surface area contributed by atoms with Gasteiger partial charge in [-0.2, -0.15) is 0 Å². The van der Waals surface area contributed by atoms with Crippen LogP contribution in [0.3, 0.4) is 0 Å². The molecule has 2 heterocycles. The monoisotopic (exact) mass is 263 g/mol. The zero-order chi connectivity index (χ0) is 13.7. The summed E-state index contributed by atoms with van der Waals surface area (Å²) < 4.78 is 2.19. The molecule has 106 valence electrons. The van der Waals surface area contributed by atoms with Crippen molar-refractivity contribution in [3.8, 4) is 0 Å². The molecule has 0 aliphatic carbocycles. The fourth-order valence-electron chi connectivity index (χ4n) is 2.98. The van der Waals surface area contributed by atoms with Crippen molar-refractivity contribution in [1.82, 2.24) is 14.5 Å². The van der Waals surface area contributed by atoms with Crippen molar-refractivity contribution in [2.75, 3.05) is 6.54 Å². The van der Waals surface area contributed by atoms with Crippen LogP contribution in [0, 0.1) is 0 Å². The molecule has 0 spiro atoms. The van der Waals surface area contributed by atoms with Crippen molar-refractivity contribution in [2.45, 2.75) is 65.1 Å². The van der Waals surface area contributed by atoms with Crippen LogP contribution in [0.5, 0.6) is 0 Å². The maximum Gasteiger partial charge on any atom is 0.131 e. The first kappa shape index (κ1) is 14.3. The molecule has 0 radical (unpaired) electrons. The van der Waals surface area contributed by atoms with Crippen LogP contribution in [0.1, 0.15) is 51.6 Å². The number of likely N-dealkylation sites (tertiary alicyclic amines) is 1. The summed E-state index contributed by atoms with van der Waals surface area (Å²) in [5.74, 6) is 0.306. The SMILES string of the molecule is CCn1cncc1CN1CCCCCC1CC(C)=O. The molecule has 0 N–H and O–H groups in total. The lowest BCUT2D eigenvalue weighted by Gasteiger charge is -2.29. The second-order valence-corrected chi connectivity index (χ2v) is 5.55. The Bertz CT molecular complexity index is 413. The molecule has 4 nitrogen and oxygen atoms in total. The first-order valence-electron chi connectivity index (χ1n) is 7.43. The van der Waals surface area contributed by atoms with Crippen LogP contribution >= 0.6 is 0 Å². The second-order valence-electron chi connectivity index (χ2n) is 5.55. The van der Waals surface area contributed by atoms with E-state index in [1.807, 2.05) is 12.5 Å². The Labute approximate surface area is 115 Å². The van der Waals surface area contributed by atoms with Gasteiger partial charge >= 0.3 is 0 Å². The Balaban J connectivity index is 2.07. The summed E-state index contributed by atoms with van der Waals surface area (Å²) in [4.78, 5) is 18.2. The lowest BCUT2D eigenvalue weighted by molar-refractivity contribution is -0.118. The summed E-state index contributed by atoms with van der Waals surface area (Å²) in [5.41, 5.74) is 1.26. The van der Waals surface area contributed by atoms with Crippen LogP contribution in [-0.4, -0.2) is 32.8 Å². The summed E-state index contributed by atoms with van der Waals surface area (Å²) in [7, 11) is 0. The quantitative estimate of drug-likeness (QED) is 0.819. The van der Waals surface area contributed by atoms with Gasteiger partial charge in [-0.05, 0) is 33.2 Å². The van der Waals surface area contributed by atoms with Gasteiger partial charge in [0.25, 0.3) is 0 Å². The standard InChI is InChI=1S/C15H25N3O/c1-3-17-12-16-10-15(17)11-18-8-6-4-5-7-14(18)9-13(2)19/h10,12,14H,3-9,11H2,1-2H3. The number of hydrogen-bond donors (Lipinski definition) is 0. The van der Waals surface area contributed by atoms with E-state index in [1.54, 1.807) is 6.92 Å². The van der Waals surface area contributed by atoms with Crippen LogP contribution in [0.25, 0.3) is 0 Å². The molecule has 1 saturated heterocycles. The first-order chi connectivity index (χ1) is 9.20. The molecular formula is C15H25N3O. The van der Waals surface area contributed by atoms with E-state index in [9.17, 15) is 4.79 Å². The smallest absolute Gasteiger partial charge is 0.131 e. The number of carbonyl (C=O) groups excluding carboxylic acids is 1. The second kappa shape index (κ2) is 6.85.